The second-order valence-corrected chi connectivity index (χ2v) is 6.53. The number of nitrogens with one attached hydrogen (secondary N) is 1. The first-order chi connectivity index (χ1) is 13.0. The van der Waals surface area contributed by atoms with Crippen LogP contribution in [0.15, 0.2) is 53.7 Å². The number of likely N-dealkylation sites (N-methyl/N-ethyl adjacent to an activating group) is 1. The first-order valence-corrected chi connectivity index (χ1v) is 9.46. The highest BCUT2D eigenvalue weighted by atomic mass is 127. The summed E-state index contributed by atoms with van der Waals surface area (Å²) in [5.74, 6) is 0.770. The Morgan fingerprint density at radius 2 is 1.82 bits per heavy atom. The zero-order valence-corrected chi connectivity index (χ0v) is 19.6. The van der Waals surface area contributed by atoms with E-state index in [4.69, 9.17) is 0 Å². The van der Waals surface area contributed by atoms with Gasteiger partial charge in [-0.15, -0.1) is 24.0 Å². The number of benzene rings is 1. The molecule has 2 rings (SSSR count). The smallest absolute Gasteiger partial charge is 0.244 e. The van der Waals surface area contributed by atoms with E-state index in [9.17, 15) is 4.79 Å². The number of carbonyl (C=O) groups is 1. The number of guanidine groups is 1. The van der Waals surface area contributed by atoms with Crippen LogP contribution in [0.4, 0.5) is 0 Å². The van der Waals surface area contributed by atoms with E-state index in [1.165, 1.54) is 5.69 Å². The molecule has 6 nitrogen and oxygen atoms in total. The second-order valence-electron chi connectivity index (χ2n) is 6.53. The number of rotatable bonds is 8. The molecule has 0 spiro atoms. The van der Waals surface area contributed by atoms with E-state index in [-0.39, 0.29) is 36.4 Å². The van der Waals surface area contributed by atoms with Crippen molar-refractivity contribution in [3.05, 3.63) is 59.9 Å². The van der Waals surface area contributed by atoms with Crippen molar-refractivity contribution in [2.45, 2.75) is 26.9 Å². The fraction of sp³-hybridized carbons (Fsp3) is 0.429. The minimum Gasteiger partial charge on any atom is -0.357 e. The standard InChI is InChI=1S/C21H31N5O.HI/c1-5-22-21(25(4)17-19-13-10-14-24(19)3)23-15-20(27)26(6-2)16-18-11-8-7-9-12-18;/h7-14H,5-6,15-17H2,1-4H3,(H,22,23);1H. The van der Waals surface area contributed by atoms with Crippen molar-refractivity contribution in [2.75, 3.05) is 26.7 Å². The van der Waals surface area contributed by atoms with Crippen LogP contribution in [0, 0.1) is 0 Å². The highest BCUT2D eigenvalue weighted by molar-refractivity contribution is 14.0. The number of halogens is 1. The van der Waals surface area contributed by atoms with Crippen LogP contribution < -0.4 is 5.32 Å². The Hall–Kier alpha value is -2.03. The average Bonchev–Trinajstić information content (AvgIpc) is 3.08. The van der Waals surface area contributed by atoms with Crippen molar-refractivity contribution in [1.82, 2.24) is 19.7 Å². The Kier molecular flexibility index (Phi) is 10.7. The molecule has 0 unspecified atom stereocenters. The molecule has 7 heteroatoms. The van der Waals surface area contributed by atoms with Gasteiger partial charge in [0.15, 0.2) is 5.96 Å². The Balaban J connectivity index is 0.00000392. The lowest BCUT2D eigenvalue weighted by Gasteiger charge is -2.23. The topological polar surface area (TPSA) is 52.9 Å². The van der Waals surface area contributed by atoms with Crippen LogP contribution in [-0.2, 0) is 24.9 Å². The molecule has 1 amide bonds. The Bertz CT molecular complexity index is 744. The first-order valence-electron chi connectivity index (χ1n) is 9.46. The van der Waals surface area contributed by atoms with Gasteiger partial charge in [0.2, 0.25) is 5.91 Å². The minimum atomic E-state index is 0. The number of hydrogen-bond donors (Lipinski definition) is 1. The van der Waals surface area contributed by atoms with Crippen LogP contribution in [0.2, 0.25) is 0 Å². The molecule has 0 saturated carbocycles. The quantitative estimate of drug-likeness (QED) is 0.347. The van der Waals surface area contributed by atoms with Gasteiger partial charge in [-0.25, -0.2) is 4.99 Å². The van der Waals surface area contributed by atoms with Crippen molar-refractivity contribution in [2.24, 2.45) is 12.0 Å². The Morgan fingerprint density at radius 3 is 2.39 bits per heavy atom. The molecule has 1 N–H and O–H groups in total. The molecule has 0 saturated heterocycles. The predicted octanol–water partition coefficient (Wildman–Crippen LogP) is 3.09. The molecule has 0 aliphatic carbocycles. The largest absolute Gasteiger partial charge is 0.357 e. The summed E-state index contributed by atoms with van der Waals surface area (Å²) in [4.78, 5) is 21.1. The zero-order valence-electron chi connectivity index (χ0n) is 17.3. The maximum absolute atomic E-state index is 12.6. The maximum Gasteiger partial charge on any atom is 0.244 e. The molecule has 154 valence electrons. The van der Waals surface area contributed by atoms with Gasteiger partial charge >= 0.3 is 0 Å². The molecular weight excluding hydrogens is 465 g/mol. The summed E-state index contributed by atoms with van der Waals surface area (Å²) >= 11 is 0. The number of hydrogen-bond acceptors (Lipinski definition) is 2. The van der Waals surface area contributed by atoms with E-state index in [1.54, 1.807) is 0 Å². The molecule has 1 heterocycles. The van der Waals surface area contributed by atoms with Crippen LogP contribution in [-0.4, -0.2) is 52.9 Å². The van der Waals surface area contributed by atoms with Gasteiger partial charge in [0.1, 0.15) is 6.54 Å². The monoisotopic (exact) mass is 497 g/mol. The molecule has 0 fully saturated rings. The van der Waals surface area contributed by atoms with Crippen LogP contribution in [0.25, 0.3) is 0 Å². The van der Waals surface area contributed by atoms with Crippen LogP contribution in [0.3, 0.4) is 0 Å². The van der Waals surface area contributed by atoms with E-state index < -0.39 is 0 Å². The van der Waals surface area contributed by atoms with Gasteiger partial charge < -0.3 is 19.7 Å². The van der Waals surface area contributed by atoms with Gasteiger partial charge in [-0.3, -0.25) is 4.79 Å². The van der Waals surface area contributed by atoms with Gasteiger partial charge in [-0.2, -0.15) is 0 Å². The fourth-order valence-corrected chi connectivity index (χ4v) is 2.87. The highest BCUT2D eigenvalue weighted by Crippen LogP contribution is 2.06. The van der Waals surface area contributed by atoms with E-state index >= 15 is 0 Å². The molecule has 0 aliphatic heterocycles. The summed E-state index contributed by atoms with van der Waals surface area (Å²) in [6, 6.07) is 14.2. The molecule has 28 heavy (non-hydrogen) atoms. The summed E-state index contributed by atoms with van der Waals surface area (Å²) in [5, 5.41) is 3.27. The number of aryl methyl sites for hydroxylation is 1. The Morgan fingerprint density at radius 1 is 1.11 bits per heavy atom. The third-order valence-corrected chi connectivity index (χ3v) is 4.46. The van der Waals surface area contributed by atoms with Gasteiger partial charge in [-0.1, -0.05) is 30.3 Å². The average molecular weight is 497 g/mol. The number of carbonyl (C=O) groups excluding carboxylic acids is 1. The molecule has 0 atom stereocenters. The minimum absolute atomic E-state index is 0. The van der Waals surface area contributed by atoms with Crippen LogP contribution in [0.5, 0.6) is 0 Å². The lowest BCUT2D eigenvalue weighted by atomic mass is 10.2. The van der Waals surface area contributed by atoms with E-state index in [0.29, 0.717) is 13.1 Å². The lowest BCUT2D eigenvalue weighted by molar-refractivity contribution is -0.130. The lowest BCUT2D eigenvalue weighted by Crippen LogP contribution is -2.40. The van der Waals surface area contributed by atoms with Crippen molar-refractivity contribution in [1.29, 1.82) is 0 Å². The zero-order chi connectivity index (χ0) is 19.6. The van der Waals surface area contributed by atoms with Crippen LogP contribution in [0.1, 0.15) is 25.1 Å². The summed E-state index contributed by atoms with van der Waals surface area (Å²) < 4.78 is 2.09. The summed E-state index contributed by atoms with van der Waals surface area (Å²) in [6.07, 6.45) is 2.03. The van der Waals surface area contributed by atoms with Gasteiger partial charge in [0, 0.05) is 45.6 Å². The molecule has 0 radical (unpaired) electrons. The van der Waals surface area contributed by atoms with E-state index in [0.717, 1.165) is 24.6 Å². The Labute approximate surface area is 185 Å². The van der Waals surface area contributed by atoms with Gasteiger partial charge in [-0.05, 0) is 31.5 Å². The summed E-state index contributed by atoms with van der Waals surface area (Å²) in [7, 11) is 4.01. The van der Waals surface area contributed by atoms with Crippen molar-refractivity contribution in [3.8, 4) is 0 Å². The number of aliphatic imine (C=N–C) groups is 1. The molecular formula is C21H32IN5O. The number of amides is 1. The van der Waals surface area contributed by atoms with Gasteiger partial charge in [0.05, 0.1) is 6.54 Å². The highest BCUT2D eigenvalue weighted by Gasteiger charge is 2.14. The third kappa shape index (κ3) is 7.18. The first kappa shape index (κ1) is 24.0. The maximum atomic E-state index is 12.6. The summed E-state index contributed by atoms with van der Waals surface area (Å²) in [5.41, 5.74) is 2.32. The molecule has 1 aromatic carbocycles. The number of nitrogens with zero attached hydrogens (tertiary/aromatic N) is 4. The number of aromatic nitrogens is 1. The van der Waals surface area contributed by atoms with E-state index in [2.05, 4.69) is 20.9 Å². The molecule has 1 aromatic heterocycles. The van der Waals surface area contributed by atoms with Gasteiger partial charge in [0.25, 0.3) is 0 Å². The molecule has 2 aromatic rings. The second kappa shape index (κ2) is 12.4. The SMILES string of the molecule is CCNC(=NCC(=O)N(CC)Cc1ccccc1)N(C)Cc1cccn1C.I. The normalized spacial score (nSPS) is 10.9. The molecule has 0 aliphatic rings. The third-order valence-electron chi connectivity index (χ3n) is 4.46. The molecule has 0 bridgehead atoms. The van der Waals surface area contributed by atoms with Crippen LogP contribution >= 0.6 is 24.0 Å². The van der Waals surface area contributed by atoms with Crippen molar-refractivity contribution >= 4 is 35.8 Å². The van der Waals surface area contributed by atoms with Crippen molar-refractivity contribution < 1.29 is 4.79 Å². The predicted molar refractivity (Wildman–Crippen MR) is 126 cm³/mol. The summed E-state index contributed by atoms with van der Waals surface area (Å²) in [6.45, 7) is 6.93. The fourth-order valence-electron chi connectivity index (χ4n) is 2.87. The van der Waals surface area contributed by atoms with E-state index in [1.807, 2.05) is 80.3 Å². The van der Waals surface area contributed by atoms with Crippen molar-refractivity contribution in [3.63, 3.8) is 0 Å².